The van der Waals surface area contributed by atoms with Crippen LogP contribution in [0, 0.1) is 4.64 Å². The van der Waals surface area contributed by atoms with Crippen molar-refractivity contribution in [3.05, 3.63) is 35.6 Å². The van der Waals surface area contributed by atoms with Gasteiger partial charge in [-0.05, 0) is 6.07 Å². The molecule has 0 radical (unpaired) electrons. The maximum atomic E-state index is 4.93. The Morgan fingerprint density at radius 1 is 1.42 bits per heavy atom. The molecule has 0 aromatic carbocycles. The summed E-state index contributed by atoms with van der Waals surface area (Å²) in [5.74, 6) is 0. The molecule has 0 aliphatic rings. The molecule has 2 aromatic rings. The van der Waals surface area contributed by atoms with Gasteiger partial charge < -0.3 is 9.40 Å². The van der Waals surface area contributed by atoms with Gasteiger partial charge in [-0.15, -0.1) is 0 Å². The highest BCUT2D eigenvalue weighted by Crippen LogP contribution is 2.14. The van der Waals surface area contributed by atoms with Crippen molar-refractivity contribution in [1.82, 2.24) is 9.97 Å². The molecule has 0 aliphatic carbocycles. The molecule has 2 heterocycles. The third kappa shape index (κ3) is 1.29. The molecule has 0 bridgehead atoms. The van der Waals surface area contributed by atoms with Crippen molar-refractivity contribution in [2.24, 2.45) is 0 Å². The highest BCUT2D eigenvalue weighted by molar-refractivity contribution is 7.71. The van der Waals surface area contributed by atoms with Crippen LogP contribution in [0.25, 0.3) is 11.3 Å². The Morgan fingerprint density at radius 2 is 2.33 bits per heavy atom. The van der Waals surface area contributed by atoms with Gasteiger partial charge in [0.15, 0.2) is 0 Å². The van der Waals surface area contributed by atoms with Gasteiger partial charge in [0.2, 0.25) is 0 Å². The van der Waals surface area contributed by atoms with Gasteiger partial charge in [-0.1, -0.05) is 12.2 Å². The lowest BCUT2D eigenvalue weighted by Crippen LogP contribution is -1.82. The van der Waals surface area contributed by atoms with E-state index in [1.807, 2.05) is 6.07 Å². The molecule has 2 rings (SSSR count). The summed E-state index contributed by atoms with van der Waals surface area (Å²) in [4.78, 5) is 6.97. The summed E-state index contributed by atoms with van der Waals surface area (Å²) in [6.45, 7) is 0. The summed E-state index contributed by atoms with van der Waals surface area (Å²) in [5.41, 5.74) is 1.82. The second kappa shape index (κ2) is 2.91. The number of hydrogen-bond donors (Lipinski definition) is 1. The van der Waals surface area contributed by atoms with Crippen molar-refractivity contribution >= 4 is 12.2 Å². The summed E-state index contributed by atoms with van der Waals surface area (Å²) < 4.78 is 5.55. The van der Waals surface area contributed by atoms with Crippen LogP contribution in [0.1, 0.15) is 0 Å². The Kier molecular flexibility index (Phi) is 1.75. The lowest BCUT2D eigenvalue weighted by atomic mass is 10.2. The van der Waals surface area contributed by atoms with E-state index in [4.69, 9.17) is 16.6 Å². The average molecular weight is 178 g/mol. The quantitative estimate of drug-likeness (QED) is 0.682. The molecule has 2 aromatic heterocycles. The number of rotatable bonds is 1. The van der Waals surface area contributed by atoms with Crippen LogP contribution >= 0.6 is 12.2 Å². The van der Waals surface area contributed by atoms with Gasteiger partial charge in [0.25, 0.3) is 0 Å². The zero-order chi connectivity index (χ0) is 8.39. The second-order valence-electron chi connectivity index (χ2n) is 2.32. The van der Waals surface area contributed by atoms with E-state index in [-0.39, 0.29) is 0 Å². The topological polar surface area (TPSA) is 41.8 Å². The van der Waals surface area contributed by atoms with E-state index in [0.29, 0.717) is 4.64 Å². The number of aromatic amines is 1. The third-order valence-electron chi connectivity index (χ3n) is 1.49. The molecule has 0 unspecified atom stereocenters. The Bertz CT molecular complexity index is 419. The van der Waals surface area contributed by atoms with Crippen molar-refractivity contribution in [3.63, 3.8) is 0 Å². The van der Waals surface area contributed by atoms with Crippen LogP contribution in [0.15, 0.2) is 35.4 Å². The van der Waals surface area contributed by atoms with Gasteiger partial charge in [0.1, 0.15) is 4.64 Å². The standard InChI is InChI=1S/C8H6N2OS/c12-8-4-9-3-7(10-8)6-1-2-11-5-6/h1-5H,(H,10,12). The predicted molar refractivity (Wildman–Crippen MR) is 47.1 cm³/mol. The Balaban J connectivity index is 2.55. The van der Waals surface area contributed by atoms with Gasteiger partial charge in [-0.25, -0.2) is 0 Å². The minimum Gasteiger partial charge on any atom is -0.472 e. The van der Waals surface area contributed by atoms with E-state index in [9.17, 15) is 0 Å². The minimum atomic E-state index is 0.619. The van der Waals surface area contributed by atoms with E-state index in [1.165, 1.54) is 0 Å². The first-order chi connectivity index (χ1) is 5.86. The maximum Gasteiger partial charge on any atom is 0.122 e. The minimum absolute atomic E-state index is 0.619. The number of hydrogen-bond acceptors (Lipinski definition) is 3. The second-order valence-corrected chi connectivity index (χ2v) is 2.76. The molecular weight excluding hydrogens is 172 g/mol. The van der Waals surface area contributed by atoms with Gasteiger partial charge >= 0.3 is 0 Å². The van der Waals surface area contributed by atoms with E-state index in [1.54, 1.807) is 24.9 Å². The molecule has 0 saturated carbocycles. The zero-order valence-corrected chi connectivity index (χ0v) is 6.97. The van der Waals surface area contributed by atoms with Crippen LogP contribution in [0.5, 0.6) is 0 Å². The summed E-state index contributed by atoms with van der Waals surface area (Å²) in [5, 5.41) is 0. The molecule has 0 saturated heterocycles. The van der Waals surface area contributed by atoms with Crippen molar-refractivity contribution in [1.29, 1.82) is 0 Å². The molecule has 0 fully saturated rings. The van der Waals surface area contributed by atoms with Gasteiger partial charge in [0.05, 0.1) is 30.6 Å². The molecule has 3 nitrogen and oxygen atoms in total. The number of furan rings is 1. The molecule has 4 heteroatoms. The molecule has 60 valence electrons. The number of H-pyrrole nitrogens is 1. The van der Waals surface area contributed by atoms with Gasteiger partial charge in [-0.3, -0.25) is 4.98 Å². The third-order valence-corrected chi connectivity index (χ3v) is 1.69. The SMILES string of the molecule is S=c1cncc(-c2ccoc2)[nH]1. The summed E-state index contributed by atoms with van der Waals surface area (Å²) in [6, 6.07) is 1.85. The van der Waals surface area contributed by atoms with Crippen LogP contribution < -0.4 is 0 Å². The fourth-order valence-electron chi connectivity index (χ4n) is 0.941. The first-order valence-electron chi connectivity index (χ1n) is 3.43. The number of nitrogens with one attached hydrogen (secondary N) is 1. The lowest BCUT2D eigenvalue weighted by Gasteiger charge is -1.94. The first kappa shape index (κ1) is 7.24. The number of nitrogens with zero attached hydrogens (tertiary/aromatic N) is 1. The van der Waals surface area contributed by atoms with E-state index >= 15 is 0 Å². The van der Waals surface area contributed by atoms with Crippen molar-refractivity contribution in [2.75, 3.05) is 0 Å². The van der Waals surface area contributed by atoms with E-state index in [0.717, 1.165) is 11.3 Å². The highest BCUT2D eigenvalue weighted by atomic mass is 32.1. The first-order valence-corrected chi connectivity index (χ1v) is 3.84. The fourth-order valence-corrected chi connectivity index (χ4v) is 1.11. The van der Waals surface area contributed by atoms with Crippen molar-refractivity contribution in [2.45, 2.75) is 0 Å². The average Bonchev–Trinajstić information content (AvgIpc) is 2.56. The van der Waals surface area contributed by atoms with Crippen molar-refractivity contribution < 1.29 is 4.42 Å². The van der Waals surface area contributed by atoms with Gasteiger partial charge in [0, 0.05) is 5.56 Å². The van der Waals surface area contributed by atoms with Crippen LogP contribution in [-0.2, 0) is 0 Å². The lowest BCUT2D eigenvalue weighted by molar-refractivity contribution is 0.568. The molecular formula is C8H6N2OS. The summed E-state index contributed by atoms with van der Waals surface area (Å²) in [6.07, 6.45) is 6.56. The fraction of sp³-hybridized carbons (Fsp3) is 0. The maximum absolute atomic E-state index is 4.93. The van der Waals surface area contributed by atoms with Gasteiger partial charge in [-0.2, -0.15) is 0 Å². The Morgan fingerprint density at radius 3 is 3.00 bits per heavy atom. The van der Waals surface area contributed by atoms with Crippen LogP contribution in [0.4, 0.5) is 0 Å². The van der Waals surface area contributed by atoms with E-state index in [2.05, 4.69) is 9.97 Å². The summed E-state index contributed by atoms with van der Waals surface area (Å²) >= 11 is 4.92. The Labute approximate surface area is 74.1 Å². The van der Waals surface area contributed by atoms with Crippen molar-refractivity contribution in [3.8, 4) is 11.3 Å². The highest BCUT2D eigenvalue weighted by Gasteiger charge is 1.97. The molecule has 1 N–H and O–H groups in total. The molecule has 0 atom stereocenters. The molecule has 0 spiro atoms. The summed E-state index contributed by atoms with van der Waals surface area (Å²) in [7, 11) is 0. The normalized spacial score (nSPS) is 10.0. The van der Waals surface area contributed by atoms with Crippen LogP contribution in [-0.4, -0.2) is 9.97 Å². The molecule has 0 aliphatic heterocycles. The largest absolute Gasteiger partial charge is 0.472 e. The smallest absolute Gasteiger partial charge is 0.122 e. The Hall–Kier alpha value is -1.42. The monoisotopic (exact) mass is 178 g/mol. The predicted octanol–water partition coefficient (Wildman–Crippen LogP) is 2.40. The van der Waals surface area contributed by atoms with E-state index < -0.39 is 0 Å². The van der Waals surface area contributed by atoms with Crippen LogP contribution in [0.2, 0.25) is 0 Å². The molecule has 0 amide bonds. The zero-order valence-electron chi connectivity index (χ0n) is 6.15. The number of aromatic nitrogens is 2. The van der Waals surface area contributed by atoms with Crippen LogP contribution in [0.3, 0.4) is 0 Å². The molecule has 12 heavy (non-hydrogen) atoms.